The molecule has 1 fully saturated rings. The summed E-state index contributed by atoms with van der Waals surface area (Å²) in [5.41, 5.74) is 0. The number of nitriles is 1. The Kier molecular flexibility index (Phi) is 2.98. The van der Waals surface area contributed by atoms with Crippen LogP contribution >= 0.6 is 0 Å². The van der Waals surface area contributed by atoms with E-state index in [1.807, 2.05) is 6.07 Å². The quantitative estimate of drug-likeness (QED) is 0.449. The number of likely N-dealkylation sites (N-methyl/N-ethyl adjacent to an activating group) is 1. The van der Waals surface area contributed by atoms with Crippen molar-refractivity contribution in [2.75, 3.05) is 13.6 Å². The van der Waals surface area contributed by atoms with Gasteiger partial charge in [-0.3, -0.25) is 19.8 Å². The fourth-order valence-electron chi connectivity index (χ4n) is 1.27. The molecule has 5 nitrogen and oxygen atoms in total. The van der Waals surface area contributed by atoms with E-state index in [1.165, 1.54) is 7.05 Å². The number of carbonyl (C=O) groups excluding carboxylic acids is 2. The summed E-state index contributed by atoms with van der Waals surface area (Å²) in [6.07, 6.45) is 0.856. The van der Waals surface area contributed by atoms with Gasteiger partial charge < -0.3 is 0 Å². The van der Waals surface area contributed by atoms with Crippen LogP contribution < -0.4 is 5.32 Å². The fourth-order valence-corrected chi connectivity index (χ4v) is 1.27. The molecular formula is C8H11N3O2. The molecule has 1 heterocycles. The van der Waals surface area contributed by atoms with Gasteiger partial charge in [-0.1, -0.05) is 0 Å². The first-order valence-corrected chi connectivity index (χ1v) is 4.07. The van der Waals surface area contributed by atoms with Crippen LogP contribution in [-0.4, -0.2) is 36.3 Å². The van der Waals surface area contributed by atoms with Gasteiger partial charge in [-0.05, 0) is 6.42 Å². The average Bonchev–Trinajstić information content (AvgIpc) is 2.13. The van der Waals surface area contributed by atoms with Gasteiger partial charge in [0.05, 0.1) is 18.7 Å². The lowest BCUT2D eigenvalue weighted by Gasteiger charge is -2.27. The maximum absolute atomic E-state index is 11.4. The van der Waals surface area contributed by atoms with E-state index in [0.717, 1.165) is 4.90 Å². The molecule has 0 bridgehead atoms. The zero-order valence-corrected chi connectivity index (χ0v) is 7.41. The predicted molar refractivity (Wildman–Crippen MR) is 44.4 cm³/mol. The maximum Gasteiger partial charge on any atom is 0.246 e. The standard InChI is InChI=1S/C8H11N3O2/c1-11-7(12)3-2-6(8(11)13)10-5-4-9/h6,10H,2-3,5H2,1H3. The largest absolute Gasteiger partial charge is 0.293 e. The molecule has 0 radical (unpaired) electrons. The normalized spacial score (nSPS) is 23.1. The summed E-state index contributed by atoms with van der Waals surface area (Å²) in [4.78, 5) is 23.5. The Morgan fingerprint density at radius 1 is 1.69 bits per heavy atom. The zero-order chi connectivity index (χ0) is 9.84. The molecule has 13 heavy (non-hydrogen) atoms. The third-order valence-corrected chi connectivity index (χ3v) is 2.08. The molecule has 1 aliphatic rings. The molecule has 1 aliphatic heterocycles. The van der Waals surface area contributed by atoms with Crippen LogP contribution in [0.5, 0.6) is 0 Å². The Morgan fingerprint density at radius 2 is 2.38 bits per heavy atom. The Morgan fingerprint density at radius 3 is 3.00 bits per heavy atom. The highest BCUT2D eigenvalue weighted by atomic mass is 16.2. The number of likely N-dealkylation sites (tertiary alicyclic amines) is 1. The van der Waals surface area contributed by atoms with Gasteiger partial charge in [-0.15, -0.1) is 0 Å². The van der Waals surface area contributed by atoms with Crippen molar-refractivity contribution in [3.8, 4) is 6.07 Å². The highest BCUT2D eigenvalue weighted by Crippen LogP contribution is 2.10. The number of nitrogens with one attached hydrogen (secondary N) is 1. The summed E-state index contributed by atoms with van der Waals surface area (Å²) in [5.74, 6) is -0.397. The first kappa shape index (κ1) is 9.68. The molecule has 0 aliphatic carbocycles. The summed E-state index contributed by atoms with van der Waals surface area (Å²) in [7, 11) is 1.46. The molecule has 1 unspecified atom stereocenters. The van der Waals surface area contributed by atoms with Crippen molar-refractivity contribution in [2.24, 2.45) is 0 Å². The third kappa shape index (κ3) is 2.04. The molecule has 1 atom stereocenters. The van der Waals surface area contributed by atoms with Crippen molar-refractivity contribution in [2.45, 2.75) is 18.9 Å². The van der Waals surface area contributed by atoms with Crippen LogP contribution in [0.1, 0.15) is 12.8 Å². The van der Waals surface area contributed by atoms with Crippen molar-refractivity contribution < 1.29 is 9.59 Å². The molecule has 5 heteroatoms. The van der Waals surface area contributed by atoms with Crippen molar-refractivity contribution in [3.05, 3.63) is 0 Å². The first-order chi connectivity index (χ1) is 6.16. The van der Waals surface area contributed by atoms with Crippen LogP contribution in [0.25, 0.3) is 0 Å². The van der Waals surface area contributed by atoms with E-state index in [4.69, 9.17) is 5.26 Å². The molecule has 0 aromatic carbocycles. The Balaban J connectivity index is 2.55. The molecule has 70 valence electrons. The van der Waals surface area contributed by atoms with Crippen molar-refractivity contribution >= 4 is 11.8 Å². The molecule has 1 N–H and O–H groups in total. The Bertz CT molecular complexity index is 269. The van der Waals surface area contributed by atoms with Crippen LogP contribution in [0.3, 0.4) is 0 Å². The SMILES string of the molecule is CN1C(=O)CCC(NCC#N)C1=O. The minimum Gasteiger partial charge on any atom is -0.293 e. The number of hydrogen-bond donors (Lipinski definition) is 1. The average molecular weight is 181 g/mol. The number of nitrogens with zero attached hydrogens (tertiary/aromatic N) is 2. The van der Waals surface area contributed by atoms with Gasteiger partial charge in [0, 0.05) is 13.5 Å². The van der Waals surface area contributed by atoms with Crippen LogP contribution in [0, 0.1) is 11.3 Å². The van der Waals surface area contributed by atoms with Crippen LogP contribution in [0.4, 0.5) is 0 Å². The Labute approximate surface area is 76.3 Å². The predicted octanol–water partition coefficient (Wildman–Crippen LogP) is -0.753. The van der Waals surface area contributed by atoms with E-state index in [2.05, 4.69) is 5.32 Å². The third-order valence-electron chi connectivity index (χ3n) is 2.08. The molecule has 0 aromatic heterocycles. The van der Waals surface area contributed by atoms with E-state index in [0.29, 0.717) is 12.8 Å². The summed E-state index contributed by atoms with van der Waals surface area (Å²) in [5, 5.41) is 11.1. The summed E-state index contributed by atoms with van der Waals surface area (Å²) < 4.78 is 0. The molecule has 1 saturated heterocycles. The number of amides is 2. The van der Waals surface area contributed by atoms with Gasteiger partial charge in [-0.2, -0.15) is 5.26 Å². The number of imide groups is 1. The van der Waals surface area contributed by atoms with Crippen LogP contribution in [-0.2, 0) is 9.59 Å². The second-order valence-corrected chi connectivity index (χ2v) is 2.92. The van der Waals surface area contributed by atoms with E-state index in [9.17, 15) is 9.59 Å². The second kappa shape index (κ2) is 4.01. The molecular weight excluding hydrogens is 170 g/mol. The smallest absolute Gasteiger partial charge is 0.246 e. The van der Waals surface area contributed by atoms with Gasteiger partial charge in [0.2, 0.25) is 11.8 Å². The molecule has 1 rings (SSSR count). The molecule has 0 spiro atoms. The van der Waals surface area contributed by atoms with Gasteiger partial charge in [-0.25, -0.2) is 0 Å². The second-order valence-electron chi connectivity index (χ2n) is 2.92. The lowest BCUT2D eigenvalue weighted by molar-refractivity contribution is -0.147. The number of hydrogen-bond acceptors (Lipinski definition) is 4. The lowest BCUT2D eigenvalue weighted by Crippen LogP contribution is -2.51. The maximum atomic E-state index is 11.4. The van der Waals surface area contributed by atoms with Gasteiger partial charge >= 0.3 is 0 Å². The summed E-state index contributed by atoms with van der Waals surface area (Å²) in [6, 6.07) is 1.52. The van der Waals surface area contributed by atoms with Gasteiger partial charge in [0.1, 0.15) is 0 Å². The highest BCUT2D eigenvalue weighted by molar-refractivity contribution is 6.00. The van der Waals surface area contributed by atoms with Gasteiger partial charge in [0.15, 0.2) is 0 Å². The highest BCUT2D eigenvalue weighted by Gasteiger charge is 2.30. The first-order valence-electron chi connectivity index (χ1n) is 4.07. The van der Waals surface area contributed by atoms with Crippen LogP contribution in [0.2, 0.25) is 0 Å². The van der Waals surface area contributed by atoms with Gasteiger partial charge in [0.25, 0.3) is 0 Å². The van der Waals surface area contributed by atoms with E-state index >= 15 is 0 Å². The minimum atomic E-state index is -0.373. The van der Waals surface area contributed by atoms with E-state index < -0.39 is 0 Å². The van der Waals surface area contributed by atoms with Crippen molar-refractivity contribution in [1.29, 1.82) is 5.26 Å². The number of carbonyl (C=O) groups is 2. The molecule has 0 aromatic rings. The monoisotopic (exact) mass is 181 g/mol. The fraction of sp³-hybridized carbons (Fsp3) is 0.625. The summed E-state index contributed by atoms with van der Waals surface area (Å²) >= 11 is 0. The Hall–Kier alpha value is -1.41. The number of rotatable bonds is 2. The number of piperidine rings is 1. The summed E-state index contributed by atoms with van der Waals surface area (Å²) in [6.45, 7) is 0.137. The van der Waals surface area contributed by atoms with E-state index in [-0.39, 0.29) is 24.4 Å². The minimum absolute atomic E-state index is 0.137. The van der Waals surface area contributed by atoms with Crippen molar-refractivity contribution in [1.82, 2.24) is 10.2 Å². The molecule has 2 amide bonds. The van der Waals surface area contributed by atoms with Crippen molar-refractivity contribution in [3.63, 3.8) is 0 Å². The zero-order valence-electron chi connectivity index (χ0n) is 7.41. The topological polar surface area (TPSA) is 73.2 Å². The van der Waals surface area contributed by atoms with Crippen LogP contribution in [0.15, 0.2) is 0 Å². The molecule has 0 saturated carbocycles. The lowest BCUT2D eigenvalue weighted by atomic mass is 10.1. The van der Waals surface area contributed by atoms with E-state index in [1.54, 1.807) is 0 Å².